The van der Waals surface area contributed by atoms with Crippen LogP contribution in [-0.2, 0) is 6.42 Å². The summed E-state index contributed by atoms with van der Waals surface area (Å²) in [6.07, 6.45) is 7.53. The molecule has 0 fully saturated rings. The monoisotopic (exact) mass is 270 g/mol. The summed E-state index contributed by atoms with van der Waals surface area (Å²) in [5.41, 5.74) is 6.55. The summed E-state index contributed by atoms with van der Waals surface area (Å²) in [5.74, 6) is 0. The van der Waals surface area contributed by atoms with Gasteiger partial charge >= 0.3 is 0 Å². The van der Waals surface area contributed by atoms with Gasteiger partial charge in [-0.1, -0.05) is 60.7 Å². The Morgan fingerprint density at radius 3 is 2.43 bits per heavy atom. The van der Waals surface area contributed by atoms with Gasteiger partial charge in [0.1, 0.15) is 0 Å². The zero-order valence-corrected chi connectivity index (χ0v) is 11.7. The van der Waals surface area contributed by atoms with Crippen LogP contribution in [0.4, 0.5) is 0 Å². The largest absolute Gasteiger partial charge is 0.214 e. The zero-order valence-electron chi connectivity index (χ0n) is 11.7. The number of nitrogens with zero attached hydrogens (tertiary/aromatic N) is 1. The van der Waals surface area contributed by atoms with E-state index in [1.54, 1.807) is 0 Å². The van der Waals surface area contributed by atoms with Gasteiger partial charge in [-0.25, -0.2) is 0 Å². The van der Waals surface area contributed by atoms with Crippen LogP contribution < -0.4 is 4.57 Å². The van der Waals surface area contributed by atoms with E-state index in [0.29, 0.717) is 0 Å². The van der Waals surface area contributed by atoms with Gasteiger partial charge < -0.3 is 0 Å². The van der Waals surface area contributed by atoms with Gasteiger partial charge in [0, 0.05) is 23.8 Å². The Morgan fingerprint density at radius 2 is 1.52 bits per heavy atom. The predicted molar refractivity (Wildman–Crippen MR) is 86.2 cm³/mol. The first-order chi connectivity index (χ1) is 10.4. The van der Waals surface area contributed by atoms with Gasteiger partial charge in [-0.3, -0.25) is 0 Å². The molecule has 0 saturated heterocycles. The highest BCUT2D eigenvalue weighted by atomic mass is 15.0. The Balaban J connectivity index is 1.66. The SMILES string of the molecule is C(=Cc1cc[n+]2c(c1)Cc1ccccc1-2)c1ccccc1. The standard InChI is InChI=1S/C20H16N/c1-2-6-16(7-3-1)10-11-17-12-13-21-19(14-17)15-18-8-4-5-9-20(18)21/h1-14H,15H2/q+1. The molecule has 4 rings (SSSR count). The lowest BCUT2D eigenvalue weighted by atomic mass is 10.1. The minimum atomic E-state index is 1.02. The van der Waals surface area contributed by atoms with Crippen LogP contribution >= 0.6 is 0 Å². The van der Waals surface area contributed by atoms with E-state index in [2.05, 4.69) is 83.6 Å². The average molecular weight is 270 g/mol. The minimum absolute atomic E-state index is 1.02. The molecule has 0 radical (unpaired) electrons. The molecular formula is C20H16N+. The maximum Gasteiger partial charge on any atom is 0.214 e. The number of aromatic nitrogens is 1. The summed E-state index contributed by atoms with van der Waals surface area (Å²) < 4.78 is 2.29. The normalized spacial score (nSPS) is 12.4. The number of hydrogen-bond acceptors (Lipinski definition) is 0. The van der Waals surface area contributed by atoms with Crippen LogP contribution in [0.1, 0.15) is 22.4 Å². The van der Waals surface area contributed by atoms with Gasteiger partial charge in [-0.2, -0.15) is 4.57 Å². The van der Waals surface area contributed by atoms with Crippen molar-refractivity contribution in [2.45, 2.75) is 6.42 Å². The van der Waals surface area contributed by atoms with Crippen LogP contribution in [0.2, 0.25) is 0 Å². The number of benzene rings is 2. The second-order valence-electron chi connectivity index (χ2n) is 5.37. The second kappa shape index (κ2) is 5.02. The van der Waals surface area contributed by atoms with Crippen LogP contribution in [0.15, 0.2) is 72.9 Å². The highest BCUT2D eigenvalue weighted by Gasteiger charge is 2.25. The highest BCUT2D eigenvalue weighted by molar-refractivity contribution is 5.69. The quantitative estimate of drug-likeness (QED) is 0.484. The van der Waals surface area contributed by atoms with Crippen molar-refractivity contribution < 1.29 is 4.57 Å². The first-order valence-electron chi connectivity index (χ1n) is 7.26. The van der Waals surface area contributed by atoms with E-state index >= 15 is 0 Å². The third-order valence-corrected chi connectivity index (χ3v) is 3.95. The molecule has 1 aliphatic rings. The Labute approximate surface area is 124 Å². The Morgan fingerprint density at radius 1 is 0.762 bits per heavy atom. The fourth-order valence-electron chi connectivity index (χ4n) is 2.89. The van der Waals surface area contributed by atoms with Crippen LogP contribution in [0.3, 0.4) is 0 Å². The molecule has 1 heteroatoms. The van der Waals surface area contributed by atoms with Crippen molar-refractivity contribution in [2.24, 2.45) is 0 Å². The summed E-state index contributed by atoms with van der Waals surface area (Å²) in [4.78, 5) is 0. The number of hydrogen-bond donors (Lipinski definition) is 0. The topological polar surface area (TPSA) is 3.88 Å². The first-order valence-corrected chi connectivity index (χ1v) is 7.26. The van der Waals surface area contributed by atoms with E-state index in [1.165, 1.54) is 28.1 Å². The summed E-state index contributed by atoms with van der Waals surface area (Å²) in [6, 6.07) is 23.5. The molecule has 1 aliphatic heterocycles. The lowest BCUT2D eigenvalue weighted by molar-refractivity contribution is -0.597. The van der Waals surface area contributed by atoms with Gasteiger partial charge in [-0.15, -0.1) is 0 Å². The predicted octanol–water partition coefficient (Wildman–Crippen LogP) is 4.04. The molecule has 3 aromatic rings. The Hall–Kier alpha value is -2.67. The van der Waals surface area contributed by atoms with Gasteiger partial charge in [-0.05, 0) is 11.1 Å². The Bertz CT molecular complexity index is 816. The molecule has 100 valence electrons. The van der Waals surface area contributed by atoms with Crippen molar-refractivity contribution in [3.63, 3.8) is 0 Å². The average Bonchev–Trinajstić information content (AvgIpc) is 2.91. The van der Waals surface area contributed by atoms with Crippen molar-refractivity contribution in [3.05, 3.63) is 95.3 Å². The molecular weight excluding hydrogens is 254 g/mol. The highest BCUT2D eigenvalue weighted by Crippen LogP contribution is 2.21. The molecule has 0 N–H and O–H groups in total. The van der Waals surface area contributed by atoms with Crippen molar-refractivity contribution in [1.82, 2.24) is 0 Å². The molecule has 0 bridgehead atoms. The molecule has 1 nitrogen and oxygen atoms in total. The number of fused-ring (bicyclic) bond motifs is 3. The number of rotatable bonds is 2. The van der Waals surface area contributed by atoms with E-state index in [0.717, 1.165) is 6.42 Å². The number of para-hydroxylation sites is 1. The summed E-state index contributed by atoms with van der Waals surface area (Å²) in [5, 5.41) is 0. The van der Waals surface area contributed by atoms with E-state index in [-0.39, 0.29) is 0 Å². The lowest BCUT2D eigenvalue weighted by Gasteiger charge is -1.96. The molecule has 0 amide bonds. The maximum atomic E-state index is 2.29. The molecule has 0 atom stereocenters. The first kappa shape index (κ1) is 12.1. The minimum Gasteiger partial charge on any atom is -0.164 e. The maximum absolute atomic E-state index is 2.29. The third kappa shape index (κ3) is 2.27. The van der Waals surface area contributed by atoms with E-state index < -0.39 is 0 Å². The lowest BCUT2D eigenvalue weighted by Crippen LogP contribution is -2.30. The molecule has 2 aromatic carbocycles. The summed E-state index contributed by atoms with van der Waals surface area (Å²) in [7, 11) is 0. The third-order valence-electron chi connectivity index (χ3n) is 3.95. The molecule has 0 unspecified atom stereocenters. The van der Waals surface area contributed by atoms with Crippen LogP contribution in [0, 0.1) is 0 Å². The Kier molecular flexibility index (Phi) is 2.89. The molecule has 1 aromatic heterocycles. The van der Waals surface area contributed by atoms with E-state index in [4.69, 9.17) is 0 Å². The van der Waals surface area contributed by atoms with Gasteiger partial charge in [0.2, 0.25) is 5.69 Å². The molecule has 2 heterocycles. The second-order valence-corrected chi connectivity index (χ2v) is 5.37. The van der Waals surface area contributed by atoms with E-state index in [9.17, 15) is 0 Å². The molecule has 0 spiro atoms. The van der Waals surface area contributed by atoms with Crippen molar-refractivity contribution in [2.75, 3.05) is 0 Å². The van der Waals surface area contributed by atoms with Crippen LogP contribution in [0.25, 0.3) is 17.8 Å². The van der Waals surface area contributed by atoms with Crippen molar-refractivity contribution >= 4 is 12.2 Å². The summed E-state index contributed by atoms with van der Waals surface area (Å²) >= 11 is 0. The fraction of sp³-hybridized carbons (Fsp3) is 0.0500. The van der Waals surface area contributed by atoms with E-state index in [1.807, 2.05) is 6.07 Å². The van der Waals surface area contributed by atoms with Crippen LogP contribution in [-0.4, -0.2) is 0 Å². The fourth-order valence-corrected chi connectivity index (χ4v) is 2.89. The van der Waals surface area contributed by atoms with Crippen LogP contribution in [0.5, 0.6) is 0 Å². The molecule has 0 saturated carbocycles. The number of pyridine rings is 1. The van der Waals surface area contributed by atoms with Gasteiger partial charge in [0.05, 0.1) is 6.42 Å². The van der Waals surface area contributed by atoms with Gasteiger partial charge in [0.15, 0.2) is 11.9 Å². The van der Waals surface area contributed by atoms with Gasteiger partial charge in [0.25, 0.3) is 0 Å². The molecule has 0 aliphatic carbocycles. The molecule has 21 heavy (non-hydrogen) atoms. The van der Waals surface area contributed by atoms with Crippen molar-refractivity contribution in [1.29, 1.82) is 0 Å². The zero-order chi connectivity index (χ0) is 14.1. The summed E-state index contributed by atoms with van der Waals surface area (Å²) in [6.45, 7) is 0. The smallest absolute Gasteiger partial charge is 0.164 e. The van der Waals surface area contributed by atoms with Crippen molar-refractivity contribution in [3.8, 4) is 5.69 Å².